The number of H-pyrrole nitrogens is 1. The molecule has 0 unspecified atom stereocenters. The Morgan fingerprint density at radius 1 is 0.860 bits per heavy atom. The van der Waals surface area contributed by atoms with Crippen molar-refractivity contribution in [3.8, 4) is 11.1 Å². The molecule has 3 aromatic heterocycles. The van der Waals surface area contributed by atoms with Crippen molar-refractivity contribution in [2.24, 2.45) is 7.05 Å². The number of anilines is 1. The summed E-state index contributed by atoms with van der Waals surface area (Å²) in [5.74, 6) is -0.0407. The summed E-state index contributed by atoms with van der Waals surface area (Å²) >= 11 is 0. The van der Waals surface area contributed by atoms with Gasteiger partial charge in [-0.2, -0.15) is 4.98 Å². The molecule has 1 atom stereocenters. The van der Waals surface area contributed by atoms with E-state index in [1.54, 1.807) is 11.6 Å². The molecule has 14 heteroatoms. The number of rotatable bonds is 20. The van der Waals surface area contributed by atoms with E-state index in [4.69, 9.17) is 9.47 Å². The average Bonchev–Trinajstić information content (AvgIpc) is 3.75. The second-order valence-electron chi connectivity index (χ2n) is 15.3. The van der Waals surface area contributed by atoms with Crippen molar-refractivity contribution in [2.45, 2.75) is 70.9 Å². The third kappa shape index (κ3) is 10.2. The fourth-order valence-corrected chi connectivity index (χ4v) is 7.86. The number of ether oxygens (including phenoxy) is 2. The minimum Gasteiger partial charge on any atom is -0.381 e. The van der Waals surface area contributed by atoms with Gasteiger partial charge in [-0.15, -0.1) is 0 Å². The Morgan fingerprint density at radius 3 is 2.40 bits per heavy atom. The SMILES string of the molecule is CCCCCNc1ncc2c(-c3ccc(CN4CCN(CCOCCCOCCCc5ccc6c(c5)n(C)c(=O)n6[C@H]5CCC(=O)NC5=O)CC4)cc3)c[nH]c2n1. The highest BCUT2D eigenvalue weighted by atomic mass is 16.5. The van der Waals surface area contributed by atoms with Crippen LogP contribution in [0.2, 0.25) is 0 Å². The van der Waals surface area contributed by atoms with Gasteiger partial charge in [0.1, 0.15) is 11.7 Å². The lowest BCUT2D eigenvalue weighted by molar-refractivity contribution is -0.135. The van der Waals surface area contributed by atoms with Crippen LogP contribution in [0.1, 0.15) is 69.0 Å². The van der Waals surface area contributed by atoms with Gasteiger partial charge >= 0.3 is 5.69 Å². The van der Waals surface area contributed by atoms with Crippen LogP contribution in [0.15, 0.2) is 59.7 Å². The minimum absolute atomic E-state index is 0.226. The molecule has 0 bridgehead atoms. The van der Waals surface area contributed by atoms with Gasteiger partial charge < -0.3 is 19.8 Å². The smallest absolute Gasteiger partial charge is 0.329 e. The Bertz CT molecular complexity index is 2170. The molecule has 2 aliphatic heterocycles. The molecule has 2 amide bonds. The number of imidazole rings is 1. The third-order valence-electron chi connectivity index (χ3n) is 11.2. The number of benzene rings is 2. The number of aromatic nitrogens is 5. The lowest BCUT2D eigenvalue weighted by atomic mass is 10.0. The maximum Gasteiger partial charge on any atom is 0.329 e. The highest BCUT2D eigenvalue weighted by Crippen LogP contribution is 2.29. The number of carbonyl (C=O) groups excluding carboxylic acids is 2. The van der Waals surface area contributed by atoms with Crippen molar-refractivity contribution >= 4 is 39.8 Å². The number of hydrogen-bond acceptors (Lipinski definition) is 10. The molecule has 2 fully saturated rings. The molecule has 304 valence electrons. The van der Waals surface area contributed by atoms with Crippen LogP contribution < -0.4 is 16.3 Å². The maximum absolute atomic E-state index is 13.0. The monoisotopic (exact) mass is 779 g/mol. The van der Waals surface area contributed by atoms with E-state index >= 15 is 0 Å². The van der Waals surface area contributed by atoms with Gasteiger partial charge in [-0.1, -0.05) is 50.1 Å². The Labute approximate surface area is 333 Å². The van der Waals surface area contributed by atoms with Crippen LogP contribution >= 0.6 is 0 Å². The van der Waals surface area contributed by atoms with E-state index in [0.29, 0.717) is 37.7 Å². The number of aryl methyl sites for hydroxylation is 2. The molecule has 0 spiro atoms. The van der Waals surface area contributed by atoms with Gasteiger partial charge in [0.2, 0.25) is 17.8 Å². The Hall–Kier alpha value is -4.89. The molecule has 2 saturated heterocycles. The molecular formula is C43H57N9O5. The van der Waals surface area contributed by atoms with Gasteiger partial charge in [0.15, 0.2) is 0 Å². The molecule has 2 aromatic carbocycles. The average molecular weight is 780 g/mol. The summed E-state index contributed by atoms with van der Waals surface area (Å²) < 4.78 is 14.9. The fraction of sp³-hybridized carbons (Fsp3) is 0.512. The number of aromatic amines is 1. The molecule has 2 aliphatic rings. The van der Waals surface area contributed by atoms with Gasteiger partial charge in [0.05, 0.1) is 17.6 Å². The predicted octanol–water partition coefficient (Wildman–Crippen LogP) is 5.03. The van der Waals surface area contributed by atoms with Crippen LogP contribution in [0.3, 0.4) is 0 Å². The van der Waals surface area contributed by atoms with Crippen molar-refractivity contribution in [1.82, 2.24) is 39.2 Å². The summed E-state index contributed by atoms with van der Waals surface area (Å²) in [6.07, 6.45) is 10.6. The summed E-state index contributed by atoms with van der Waals surface area (Å²) in [6, 6.07) is 14.1. The first-order valence-corrected chi connectivity index (χ1v) is 20.7. The van der Waals surface area contributed by atoms with Crippen LogP contribution in [0.25, 0.3) is 33.2 Å². The largest absolute Gasteiger partial charge is 0.381 e. The normalized spacial score (nSPS) is 16.8. The molecule has 7 rings (SSSR count). The van der Waals surface area contributed by atoms with E-state index in [-0.39, 0.29) is 18.0 Å². The number of imide groups is 1. The van der Waals surface area contributed by atoms with Crippen LogP contribution in [0, 0.1) is 0 Å². The second-order valence-corrected chi connectivity index (χ2v) is 15.3. The number of piperazine rings is 1. The second kappa shape index (κ2) is 19.5. The zero-order valence-electron chi connectivity index (χ0n) is 33.4. The van der Waals surface area contributed by atoms with E-state index in [9.17, 15) is 14.4 Å². The van der Waals surface area contributed by atoms with Crippen LogP contribution in [-0.4, -0.2) is 111 Å². The highest BCUT2D eigenvalue weighted by molar-refractivity contribution is 6.00. The minimum atomic E-state index is -0.675. The highest BCUT2D eigenvalue weighted by Gasteiger charge is 2.31. The molecule has 57 heavy (non-hydrogen) atoms. The zero-order valence-corrected chi connectivity index (χ0v) is 33.4. The summed E-state index contributed by atoms with van der Waals surface area (Å²) in [5, 5.41) is 6.72. The predicted molar refractivity (Wildman–Crippen MR) is 222 cm³/mol. The first kappa shape index (κ1) is 40.3. The van der Waals surface area contributed by atoms with Crippen molar-refractivity contribution in [1.29, 1.82) is 0 Å². The molecule has 5 aromatic rings. The molecule has 5 heterocycles. The first-order valence-electron chi connectivity index (χ1n) is 20.7. The summed E-state index contributed by atoms with van der Waals surface area (Å²) in [6.45, 7) is 11.9. The van der Waals surface area contributed by atoms with Crippen LogP contribution in [-0.2, 0) is 39.1 Å². The summed E-state index contributed by atoms with van der Waals surface area (Å²) in [5.41, 5.74) is 6.81. The number of hydrogen-bond donors (Lipinski definition) is 3. The van der Waals surface area contributed by atoms with Crippen LogP contribution in [0.5, 0.6) is 0 Å². The van der Waals surface area contributed by atoms with Gasteiger partial charge in [-0.3, -0.25) is 33.8 Å². The fourth-order valence-electron chi connectivity index (χ4n) is 7.86. The number of piperidine rings is 1. The van der Waals surface area contributed by atoms with Gasteiger partial charge in [0.25, 0.3) is 0 Å². The van der Waals surface area contributed by atoms with Crippen molar-refractivity contribution in [3.05, 3.63) is 76.5 Å². The number of carbonyl (C=O) groups is 2. The first-order chi connectivity index (χ1) is 27.9. The quantitative estimate of drug-likeness (QED) is 0.0725. The van der Waals surface area contributed by atoms with Crippen molar-refractivity contribution in [2.75, 3.05) is 71.0 Å². The molecular weight excluding hydrogens is 723 g/mol. The maximum atomic E-state index is 13.0. The van der Waals surface area contributed by atoms with Gasteiger partial charge in [0, 0.05) is 102 Å². The number of nitrogens with zero attached hydrogens (tertiary/aromatic N) is 6. The van der Waals surface area contributed by atoms with E-state index in [2.05, 4.69) is 66.6 Å². The summed E-state index contributed by atoms with van der Waals surface area (Å²) in [4.78, 5) is 54.6. The lowest BCUT2D eigenvalue weighted by Crippen LogP contribution is -2.46. The number of amides is 2. The Balaban J connectivity index is 0.738. The third-order valence-corrected chi connectivity index (χ3v) is 11.2. The van der Waals surface area contributed by atoms with E-state index in [1.807, 2.05) is 30.6 Å². The van der Waals surface area contributed by atoms with E-state index < -0.39 is 11.9 Å². The van der Waals surface area contributed by atoms with Crippen LogP contribution in [0.4, 0.5) is 5.95 Å². The number of unbranched alkanes of at least 4 members (excludes halogenated alkanes) is 2. The topological polar surface area (TPSA) is 152 Å². The number of nitrogens with one attached hydrogen (secondary N) is 3. The molecule has 14 nitrogen and oxygen atoms in total. The van der Waals surface area contributed by atoms with E-state index in [0.717, 1.165) is 111 Å². The molecule has 0 saturated carbocycles. The molecule has 0 aliphatic carbocycles. The summed E-state index contributed by atoms with van der Waals surface area (Å²) in [7, 11) is 1.72. The Morgan fingerprint density at radius 2 is 1.61 bits per heavy atom. The van der Waals surface area contributed by atoms with Crippen molar-refractivity contribution < 1.29 is 19.1 Å². The van der Waals surface area contributed by atoms with Gasteiger partial charge in [-0.05, 0) is 60.9 Å². The molecule has 3 N–H and O–H groups in total. The van der Waals surface area contributed by atoms with Crippen molar-refractivity contribution in [3.63, 3.8) is 0 Å². The Kier molecular flexibility index (Phi) is 13.8. The molecule has 0 radical (unpaired) electrons. The standard InChI is InChI=1S/C43H57N9O5/c1-3-4-5-17-44-42-46-29-35-34(28-45-40(35)48-42)33-12-9-32(10-13-33)30-51-20-18-50(19-21-51)22-26-57-25-7-24-56-23-6-8-31-11-14-36-38(27-31)49(2)43(55)52(36)37-15-16-39(53)47-41(37)54/h9-14,27-29,37H,3-8,15-26,30H2,1-2H3,(H,47,53,54)(H2,44,45,46,48)/t37-/m0/s1. The van der Waals surface area contributed by atoms with Gasteiger partial charge in [-0.25, -0.2) is 9.78 Å². The number of fused-ring (bicyclic) bond motifs is 2. The zero-order chi connectivity index (χ0) is 39.6. The van der Waals surface area contributed by atoms with E-state index in [1.165, 1.54) is 23.0 Å². The lowest BCUT2D eigenvalue weighted by Gasteiger charge is -2.34.